The Bertz CT molecular complexity index is 745. The second kappa shape index (κ2) is 8.00. The van der Waals surface area contributed by atoms with E-state index in [4.69, 9.17) is 11.5 Å². The van der Waals surface area contributed by atoms with Gasteiger partial charge >= 0.3 is 0 Å². The number of hydrogen-bond acceptors (Lipinski definition) is 5. The number of aromatic hydroxyl groups is 1. The summed E-state index contributed by atoms with van der Waals surface area (Å²) in [4.78, 5) is 11.1. The third-order valence-electron chi connectivity index (χ3n) is 2.88. The predicted molar refractivity (Wildman–Crippen MR) is 93.6 cm³/mol. The number of phenols is 1. The first-order valence-corrected chi connectivity index (χ1v) is 7.71. The lowest BCUT2D eigenvalue weighted by Gasteiger charge is -2.01. The minimum absolute atomic E-state index is 0.0318. The van der Waals surface area contributed by atoms with Crippen molar-refractivity contribution in [2.45, 2.75) is 5.75 Å². The fourth-order valence-electron chi connectivity index (χ4n) is 1.74. The lowest BCUT2D eigenvalue weighted by Crippen LogP contribution is -2.11. The number of primary amides is 1. The molecule has 0 unspecified atom stereocenters. The molecule has 6 nitrogen and oxygen atoms in total. The highest BCUT2D eigenvalue weighted by molar-refractivity contribution is 8.13. The molecule has 2 aromatic carbocycles. The van der Waals surface area contributed by atoms with Gasteiger partial charge in [0.05, 0.1) is 11.8 Å². The summed E-state index contributed by atoms with van der Waals surface area (Å²) in [5.74, 6) is -0.174. The van der Waals surface area contributed by atoms with E-state index in [0.29, 0.717) is 16.5 Å². The Hall–Kier alpha value is -2.80. The number of amides is 1. The van der Waals surface area contributed by atoms with Gasteiger partial charge in [0.15, 0.2) is 5.17 Å². The fourth-order valence-corrected chi connectivity index (χ4v) is 2.36. The number of rotatable bonds is 5. The molecule has 0 saturated carbocycles. The van der Waals surface area contributed by atoms with Crippen molar-refractivity contribution in [1.82, 2.24) is 0 Å². The number of hydrogen-bond donors (Lipinski definition) is 3. The zero-order chi connectivity index (χ0) is 16.7. The highest BCUT2D eigenvalue weighted by Crippen LogP contribution is 2.17. The van der Waals surface area contributed by atoms with Crippen molar-refractivity contribution in [3.05, 3.63) is 65.2 Å². The molecule has 23 heavy (non-hydrogen) atoms. The molecule has 1 amide bonds. The zero-order valence-electron chi connectivity index (χ0n) is 12.2. The van der Waals surface area contributed by atoms with Crippen LogP contribution in [0.5, 0.6) is 5.75 Å². The lowest BCUT2D eigenvalue weighted by molar-refractivity contribution is 0.0997. The maximum atomic E-state index is 11.1. The first kappa shape index (κ1) is 16.6. The molecule has 5 N–H and O–H groups in total. The molecule has 0 radical (unpaired) electrons. The van der Waals surface area contributed by atoms with E-state index in [-0.39, 0.29) is 11.3 Å². The van der Waals surface area contributed by atoms with Gasteiger partial charge in [0.1, 0.15) is 5.75 Å². The molecule has 7 heteroatoms. The van der Waals surface area contributed by atoms with Gasteiger partial charge in [-0.1, -0.05) is 42.1 Å². The number of carbonyl (C=O) groups is 1. The van der Waals surface area contributed by atoms with Crippen LogP contribution in [0.25, 0.3) is 0 Å². The van der Waals surface area contributed by atoms with Gasteiger partial charge in [-0.2, -0.15) is 5.10 Å². The Morgan fingerprint density at radius 2 is 1.91 bits per heavy atom. The van der Waals surface area contributed by atoms with E-state index in [0.717, 1.165) is 5.56 Å². The summed E-state index contributed by atoms with van der Waals surface area (Å²) < 4.78 is 0. The summed E-state index contributed by atoms with van der Waals surface area (Å²) in [5, 5.41) is 17.6. The number of carbonyl (C=O) groups excluding carboxylic acids is 1. The Morgan fingerprint density at radius 3 is 2.61 bits per heavy atom. The second-order valence-electron chi connectivity index (χ2n) is 4.60. The Balaban J connectivity index is 1.97. The average molecular weight is 328 g/mol. The summed E-state index contributed by atoms with van der Waals surface area (Å²) >= 11 is 1.38. The predicted octanol–water partition coefficient (Wildman–Crippen LogP) is 2.07. The van der Waals surface area contributed by atoms with Gasteiger partial charge in [0, 0.05) is 5.75 Å². The number of amidine groups is 1. The smallest absolute Gasteiger partial charge is 0.252 e. The summed E-state index contributed by atoms with van der Waals surface area (Å²) in [5.41, 5.74) is 12.7. The standard InChI is InChI=1S/C16H16N4O2S/c17-15(22)13-8-12(6-7-14(13)21)9-19-20-16(18)23-10-11-4-2-1-3-5-11/h1-9,21H,10H2,(H2,17,22)(H2,18,20). The minimum atomic E-state index is -0.709. The molecule has 0 aliphatic carbocycles. The highest BCUT2D eigenvalue weighted by atomic mass is 32.2. The molecule has 0 bridgehead atoms. The van der Waals surface area contributed by atoms with Crippen LogP contribution in [0.2, 0.25) is 0 Å². The van der Waals surface area contributed by atoms with Crippen molar-refractivity contribution in [3.8, 4) is 5.75 Å². The van der Waals surface area contributed by atoms with Crippen molar-refractivity contribution < 1.29 is 9.90 Å². The zero-order valence-corrected chi connectivity index (χ0v) is 13.0. The molecular weight excluding hydrogens is 312 g/mol. The molecule has 0 fully saturated rings. The molecule has 0 heterocycles. The van der Waals surface area contributed by atoms with Crippen LogP contribution in [0.4, 0.5) is 0 Å². The molecule has 0 aromatic heterocycles. The largest absolute Gasteiger partial charge is 0.507 e. The average Bonchev–Trinajstić information content (AvgIpc) is 2.55. The van der Waals surface area contributed by atoms with Gasteiger partial charge < -0.3 is 16.6 Å². The van der Waals surface area contributed by atoms with Crippen LogP contribution in [0.15, 0.2) is 58.7 Å². The summed E-state index contributed by atoms with van der Waals surface area (Å²) in [6, 6.07) is 14.3. The molecule has 2 rings (SSSR count). The van der Waals surface area contributed by atoms with Crippen LogP contribution in [0, 0.1) is 0 Å². The third-order valence-corrected chi connectivity index (χ3v) is 3.73. The Morgan fingerprint density at radius 1 is 1.17 bits per heavy atom. The van der Waals surface area contributed by atoms with Crippen molar-refractivity contribution in [2.24, 2.45) is 21.7 Å². The molecule has 2 aromatic rings. The number of thioether (sulfide) groups is 1. The van der Waals surface area contributed by atoms with Gasteiger partial charge in [-0.05, 0) is 29.3 Å². The van der Waals surface area contributed by atoms with Gasteiger partial charge in [0.2, 0.25) is 0 Å². The van der Waals surface area contributed by atoms with Crippen LogP contribution in [-0.2, 0) is 5.75 Å². The SMILES string of the molecule is NC(=O)c1cc(C=NN=C(N)SCc2ccccc2)ccc1O. The number of nitrogens with zero attached hydrogens (tertiary/aromatic N) is 2. The van der Waals surface area contributed by atoms with E-state index < -0.39 is 5.91 Å². The normalized spacial score (nSPS) is 11.7. The molecule has 0 saturated heterocycles. The van der Waals surface area contributed by atoms with Gasteiger partial charge in [0.25, 0.3) is 5.91 Å². The van der Waals surface area contributed by atoms with Crippen LogP contribution >= 0.6 is 11.8 Å². The fraction of sp³-hybridized carbons (Fsp3) is 0.0625. The van der Waals surface area contributed by atoms with Crippen molar-refractivity contribution >= 4 is 29.1 Å². The van der Waals surface area contributed by atoms with Gasteiger partial charge in [-0.15, -0.1) is 5.10 Å². The van der Waals surface area contributed by atoms with Crippen LogP contribution in [0.1, 0.15) is 21.5 Å². The van der Waals surface area contributed by atoms with E-state index in [9.17, 15) is 9.90 Å². The highest BCUT2D eigenvalue weighted by Gasteiger charge is 2.07. The first-order valence-electron chi connectivity index (χ1n) is 6.72. The molecule has 0 spiro atoms. The van der Waals surface area contributed by atoms with Crippen molar-refractivity contribution in [3.63, 3.8) is 0 Å². The van der Waals surface area contributed by atoms with Crippen molar-refractivity contribution in [1.29, 1.82) is 0 Å². The second-order valence-corrected chi connectivity index (χ2v) is 5.59. The quantitative estimate of drug-likeness (QED) is 0.443. The topological polar surface area (TPSA) is 114 Å². The Labute approximate surface area is 137 Å². The van der Waals surface area contributed by atoms with E-state index >= 15 is 0 Å². The van der Waals surface area contributed by atoms with E-state index in [1.807, 2.05) is 30.3 Å². The minimum Gasteiger partial charge on any atom is -0.507 e. The van der Waals surface area contributed by atoms with Crippen LogP contribution < -0.4 is 11.5 Å². The van der Waals surface area contributed by atoms with E-state index in [1.54, 1.807) is 6.07 Å². The monoisotopic (exact) mass is 328 g/mol. The van der Waals surface area contributed by atoms with E-state index in [2.05, 4.69) is 10.2 Å². The number of nitrogens with two attached hydrogens (primary N) is 2. The summed E-state index contributed by atoms with van der Waals surface area (Å²) in [6.45, 7) is 0. The third kappa shape index (κ3) is 5.15. The molecule has 0 aliphatic heterocycles. The summed E-state index contributed by atoms with van der Waals surface area (Å²) in [7, 11) is 0. The van der Waals surface area contributed by atoms with Crippen LogP contribution in [0.3, 0.4) is 0 Å². The number of benzene rings is 2. The van der Waals surface area contributed by atoms with Crippen LogP contribution in [-0.4, -0.2) is 22.4 Å². The molecule has 0 atom stereocenters. The molecule has 118 valence electrons. The molecule has 0 aliphatic rings. The Kier molecular flexibility index (Phi) is 5.76. The molecular formula is C16H16N4O2S. The lowest BCUT2D eigenvalue weighted by atomic mass is 10.1. The van der Waals surface area contributed by atoms with Crippen molar-refractivity contribution in [2.75, 3.05) is 0 Å². The summed E-state index contributed by atoms with van der Waals surface area (Å²) in [6.07, 6.45) is 1.43. The first-order chi connectivity index (χ1) is 11.1. The maximum Gasteiger partial charge on any atom is 0.252 e. The van der Waals surface area contributed by atoms with E-state index in [1.165, 1.54) is 30.1 Å². The maximum absolute atomic E-state index is 11.1. The van der Waals surface area contributed by atoms with Gasteiger partial charge in [-0.3, -0.25) is 4.79 Å². The van der Waals surface area contributed by atoms with Gasteiger partial charge in [-0.25, -0.2) is 0 Å².